The summed E-state index contributed by atoms with van der Waals surface area (Å²) in [6.07, 6.45) is -5.64. The molecule has 13 heteroatoms. The Labute approximate surface area is 158 Å². The van der Waals surface area contributed by atoms with Gasteiger partial charge in [0.15, 0.2) is 17.2 Å². The van der Waals surface area contributed by atoms with Gasteiger partial charge in [0.25, 0.3) is 5.56 Å². The minimum Gasteiger partial charge on any atom is -0.481 e. The van der Waals surface area contributed by atoms with Crippen molar-refractivity contribution in [2.24, 2.45) is 5.92 Å². The molecule has 0 radical (unpaired) electrons. The SMILES string of the molecule is Cc1cn([C@H]2O[C@@H](COP(=O)(O)C[C@@H](C)C(=O)O)C(O)[C@H]2F)c(=S)[nH]c1=O. The molecule has 0 saturated carbocycles. The highest BCUT2D eigenvalue weighted by Crippen LogP contribution is 2.45. The first-order chi connectivity index (χ1) is 12.4. The molecule has 1 saturated heterocycles. The number of ether oxygens (including phenoxy) is 1. The molecule has 4 N–H and O–H groups in total. The van der Waals surface area contributed by atoms with Crippen LogP contribution in [0.3, 0.4) is 0 Å². The third-order valence-corrected chi connectivity index (χ3v) is 5.96. The van der Waals surface area contributed by atoms with Gasteiger partial charge in [-0.1, -0.05) is 6.92 Å². The number of carbonyl (C=O) groups is 1. The van der Waals surface area contributed by atoms with E-state index in [0.717, 1.165) is 4.57 Å². The van der Waals surface area contributed by atoms with Crippen molar-refractivity contribution in [1.29, 1.82) is 0 Å². The Balaban J connectivity index is 2.10. The molecule has 0 spiro atoms. The lowest BCUT2D eigenvalue weighted by molar-refractivity contribution is -0.140. The molecule has 1 aliphatic heterocycles. The molecule has 1 fully saturated rings. The maximum atomic E-state index is 14.5. The molecule has 1 aliphatic rings. The summed E-state index contributed by atoms with van der Waals surface area (Å²) >= 11 is 4.97. The summed E-state index contributed by atoms with van der Waals surface area (Å²) in [6.45, 7) is 2.09. The molecule has 0 bridgehead atoms. The van der Waals surface area contributed by atoms with E-state index in [2.05, 4.69) is 4.98 Å². The maximum absolute atomic E-state index is 14.5. The van der Waals surface area contributed by atoms with Gasteiger partial charge in [0.05, 0.1) is 18.7 Å². The average molecular weight is 426 g/mol. The Morgan fingerprint density at radius 1 is 1.59 bits per heavy atom. The van der Waals surface area contributed by atoms with Gasteiger partial charge in [-0.15, -0.1) is 0 Å². The van der Waals surface area contributed by atoms with Crippen molar-refractivity contribution in [1.82, 2.24) is 9.55 Å². The molecule has 1 aromatic heterocycles. The predicted molar refractivity (Wildman–Crippen MR) is 92.9 cm³/mol. The largest absolute Gasteiger partial charge is 0.481 e. The van der Waals surface area contributed by atoms with Gasteiger partial charge in [0, 0.05) is 11.8 Å². The predicted octanol–water partition coefficient (Wildman–Crippen LogP) is 0.733. The number of aromatic nitrogens is 2. The molecule has 0 aromatic carbocycles. The van der Waals surface area contributed by atoms with Crippen LogP contribution in [-0.4, -0.2) is 61.8 Å². The number of aromatic amines is 1. The number of carboxylic acid groups (broad SMARTS) is 1. The van der Waals surface area contributed by atoms with Crippen LogP contribution in [0.1, 0.15) is 18.7 Å². The Bertz CT molecular complexity index is 873. The highest BCUT2D eigenvalue weighted by molar-refractivity contribution is 7.71. The number of aliphatic hydroxyl groups is 1. The minimum atomic E-state index is -4.29. The van der Waals surface area contributed by atoms with Crippen LogP contribution in [0.4, 0.5) is 4.39 Å². The summed E-state index contributed by atoms with van der Waals surface area (Å²) in [5.74, 6) is -2.39. The van der Waals surface area contributed by atoms with Crippen LogP contribution in [0.25, 0.3) is 0 Å². The highest BCUT2D eigenvalue weighted by Gasteiger charge is 2.46. The number of H-pyrrole nitrogens is 1. The van der Waals surface area contributed by atoms with Crippen molar-refractivity contribution in [3.8, 4) is 0 Å². The van der Waals surface area contributed by atoms with E-state index < -0.39 is 62.4 Å². The number of hydrogen-bond acceptors (Lipinski definition) is 7. The maximum Gasteiger partial charge on any atom is 0.329 e. The Morgan fingerprint density at radius 2 is 2.22 bits per heavy atom. The minimum absolute atomic E-state index is 0.116. The zero-order chi connectivity index (χ0) is 20.5. The Morgan fingerprint density at radius 3 is 2.81 bits per heavy atom. The molecular weight excluding hydrogens is 406 g/mol. The Kier molecular flexibility index (Phi) is 6.72. The monoisotopic (exact) mass is 426 g/mol. The second kappa shape index (κ2) is 8.29. The zero-order valence-electron chi connectivity index (χ0n) is 14.4. The van der Waals surface area contributed by atoms with Crippen molar-refractivity contribution >= 4 is 25.8 Å². The number of aryl methyl sites for hydroxylation is 1. The van der Waals surface area contributed by atoms with Gasteiger partial charge in [0.1, 0.15) is 12.2 Å². The molecule has 0 amide bonds. The quantitative estimate of drug-likeness (QED) is 0.365. The number of aliphatic hydroxyl groups excluding tert-OH is 1. The van der Waals surface area contributed by atoms with Crippen molar-refractivity contribution < 1.29 is 38.1 Å². The molecule has 2 unspecified atom stereocenters. The van der Waals surface area contributed by atoms with E-state index in [1.165, 1.54) is 20.0 Å². The lowest BCUT2D eigenvalue weighted by Crippen LogP contribution is -2.31. The lowest BCUT2D eigenvalue weighted by Gasteiger charge is -2.19. The summed E-state index contributed by atoms with van der Waals surface area (Å²) in [7, 11) is -4.29. The second-order valence-corrected chi connectivity index (χ2v) is 8.62. The number of aliphatic carboxylic acids is 1. The van der Waals surface area contributed by atoms with Crippen molar-refractivity contribution in [2.45, 2.75) is 38.5 Å². The van der Waals surface area contributed by atoms with Gasteiger partial charge in [0.2, 0.25) is 0 Å². The average Bonchev–Trinajstić information content (AvgIpc) is 2.84. The molecule has 2 heterocycles. The number of carboxylic acids is 1. The normalized spacial score (nSPS) is 28.6. The molecule has 1 aromatic rings. The van der Waals surface area contributed by atoms with Crippen LogP contribution in [0.2, 0.25) is 0 Å². The van der Waals surface area contributed by atoms with Crippen LogP contribution in [0.5, 0.6) is 0 Å². The standard InChI is InChI=1S/C14H20FN2O8PS/c1-6-3-17(14(27)16-11(6)19)12-9(15)10(18)8(25-12)4-24-26(22,23)5-7(2)13(20)21/h3,7-10,12,18H,4-5H2,1-2H3,(H,20,21)(H,22,23)(H,16,19,27)/t7-,8+,9-,10?,12+/m1/s1. The van der Waals surface area contributed by atoms with Gasteiger partial charge in [-0.3, -0.25) is 23.7 Å². The number of alkyl halides is 1. The van der Waals surface area contributed by atoms with Crippen LogP contribution >= 0.6 is 19.8 Å². The van der Waals surface area contributed by atoms with Gasteiger partial charge in [-0.2, -0.15) is 0 Å². The van der Waals surface area contributed by atoms with Crippen molar-refractivity contribution in [3.63, 3.8) is 0 Å². The molecule has 152 valence electrons. The van der Waals surface area contributed by atoms with Crippen molar-refractivity contribution in [3.05, 3.63) is 26.9 Å². The summed E-state index contributed by atoms with van der Waals surface area (Å²) < 4.78 is 37.6. The van der Waals surface area contributed by atoms with Crippen molar-refractivity contribution in [2.75, 3.05) is 12.8 Å². The second-order valence-electron chi connectivity index (χ2n) is 6.33. The number of nitrogens with zero attached hydrogens (tertiary/aromatic N) is 1. The fraction of sp³-hybridized carbons (Fsp3) is 0.643. The van der Waals surface area contributed by atoms with E-state index in [4.69, 9.17) is 26.6 Å². The van der Waals surface area contributed by atoms with Crippen LogP contribution in [0, 0.1) is 17.6 Å². The number of rotatable bonds is 7. The number of hydrogen-bond donors (Lipinski definition) is 4. The zero-order valence-corrected chi connectivity index (χ0v) is 16.2. The van der Waals surface area contributed by atoms with Gasteiger partial charge in [-0.25, -0.2) is 4.39 Å². The summed E-state index contributed by atoms with van der Waals surface area (Å²) in [6, 6.07) is 0. The first kappa shape index (κ1) is 21.9. The molecule has 6 atom stereocenters. The van der Waals surface area contributed by atoms with Crippen LogP contribution in [-0.2, 0) is 18.6 Å². The first-order valence-electron chi connectivity index (χ1n) is 7.92. The van der Waals surface area contributed by atoms with Crippen LogP contribution in [0.15, 0.2) is 11.0 Å². The molecular formula is C14H20FN2O8PS. The van der Waals surface area contributed by atoms with Gasteiger partial charge in [-0.05, 0) is 19.1 Å². The lowest BCUT2D eigenvalue weighted by atomic mass is 10.1. The van der Waals surface area contributed by atoms with E-state index >= 15 is 0 Å². The number of halogens is 1. The van der Waals surface area contributed by atoms with E-state index in [1.807, 2.05) is 0 Å². The fourth-order valence-electron chi connectivity index (χ4n) is 2.51. The first-order valence-corrected chi connectivity index (χ1v) is 10.1. The fourth-order valence-corrected chi connectivity index (χ4v) is 4.09. The summed E-state index contributed by atoms with van der Waals surface area (Å²) in [4.78, 5) is 34.4. The number of nitrogens with one attached hydrogen (secondary N) is 1. The highest BCUT2D eigenvalue weighted by atomic mass is 32.1. The molecule has 2 rings (SSSR count). The third-order valence-electron chi connectivity index (χ3n) is 4.08. The van der Waals surface area contributed by atoms with Gasteiger partial charge >= 0.3 is 13.6 Å². The summed E-state index contributed by atoms with van der Waals surface area (Å²) in [5, 5.41) is 18.8. The van der Waals surface area contributed by atoms with E-state index in [9.17, 15) is 28.5 Å². The molecule has 27 heavy (non-hydrogen) atoms. The Hall–Kier alpha value is -1.43. The smallest absolute Gasteiger partial charge is 0.329 e. The topological polar surface area (TPSA) is 151 Å². The summed E-state index contributed by atoms with van der Waals surface area (Å²) in [5.41, 5.74) is -0.199. The van der Waals surface area contributed by atoms with E-state index in [1.54, 1.807) is 0 Å². The van der Waals surface area contributed by atoms with E-state index in [0.29, 0.717) is 0 Å². The van der Waals surface area contributed by atoms with Crippen LogP contribution < -0.4 is 5.56 Å². The van der Waals surface area contributed by atoms with Gasteiger partial charge < -0.3 is 24.4 Å². The molecule has 0 aliphatic carbocycles. The third kappa shape index (κ3) is 5.09. The van der Waals surface area contributed by atoms with E-state index in [-0.39, 0.29) is 10.3 Å². The molecule has 10 nitrogen and oxygen atoms in total.